The summed E-state index contributed by atoms with van der Waals surface area (Å²) in [6.45, 7) is 7.77. The molecule has 20 heavy (non-hydrogen) atoms. The van der Waals surface area contributed by atoms with Crippen LogP contribution in [-0.4, -0.2) is 37.0 Å². The Labute approximate surface area is 121 Å². The van der Waals surface area contributed by atoms with Crippen molar-refractivity contribution in [2.45, 2.75) is 46.3 Å². The standard InChI is InChI=1S/C16H26N2O2/c1-10-7-14(9-12(3)17)8-11(2)15(10)20-13(4)16(19)18(5)6/h7-8,12-13H,9,17H2,1-6H3. The van der Waals surface area contributed by atoms with Crippen LogP contribution in [-0.2, 0) is 11.2 Å². The zero-order chi connectivity index (χ0) is 15.4. The maximum Gasteiger partial charge on any atom is 0.262 e. The van der Waals surface area contributed by atoms with E-state index >= 15 is 0 Å². The van der Waals surface area contributed by atoms with Gasteiger partial charge < -0.3 is 15.4 Å². The number of nitrogens with zero attached hydrogens (tertiary/aromatic N) is 1. The molecule has 0 heterocycles. The molecule has 1 aromatic carbocycles. The maximum absolute atomic E-state index is 11.9. The smallest absolute Gasteiger partial charge is 0.262 e. The summed E-state index contributed by atoms with van der Waals surface area (Å²) in [7, 11) is 3.46. The van der Waals surface area contributed by atoms with Gasteiger partial charge in [0.05, 0.1) is 0 Å². The minimum atomic E-state index is -0.485. The van der Waals surface area contributed by atoms with Gasteiger partial charge in [-0.3, -0.25) is 4.79 Å². The molecule has 112 valence electrons. The molecule has 4 heteroatoms. The zero-order valence-corrected chi connectivity index (χ0v) is 13.4. The summed E-state index contributed by atoms with van der Waals surface area (Å²) in [5.41, 5.74) is 9.12. The van der Waals surface area contributed by atoms with Crippen LogP contribution in [0.2, 0.25) is 0 Å². The minimum absolute atomic E-state index is 0.0385. The Morgan fingerprint density at radius 3 is 2.15 bits per heavy atom. The Balaban J connectivity index is 2.94. The van der Waals surface area contributed by atoms with E-state index in [1.165, 1.54) is 5.56 Å². The largest absolute Gasteiger partial charge is 0.480 e. The Morgan fingerprint density at radius 1 is 1.25 bits per heavy atom. The van der Waals surface area contributed by atoms with E-state index in [1.54, 1.807) is 25.9 Å². The van der Waals surface area contributed by atoms with Crippen LogP contribution >= 0.6 is 0 Å². The van der Waals surface area contributed by atoms with E-state index in [2.05, 4.69) is 12.1 Å². The average molecular weight is 278 g/mol. The first kappa shape index (κ1) is 16.5. The maximum atomic E-state index is 11.9. The van der Waals surface area contributed by atoms with Gasteiger partial charge in [-0.2, -0.15) is 0 Å². The van der Waals surface area contributed by atoms with Gasteiger partial charge in [0, 0.05) is 20.1 Å². The molecule has 0 saturated carbocycles. The first-order valence-electron chi connectivity index (χ1n) is 6.96. The second-order valence-electron chi connectivity index (χ2n) is 5.73. The molecule has 0 aromatic heterocycles. The van der Waals surface area contributed by atoms with Gasteiger partial charge in [-0.1, -0.05) is 12.1 Å². The minimum Gasteiger partial charge on any atom is -0.480 e. The number of carbonyl (C=O) groups is 1. The molecule has 4 nitrogen and oxygen atoms in total. The van der Waals surface area contributed by atoms with Crippen molar-refractivity contribution in [3.63, 3.8) is 0 Å². The van der Waals surface area contributed by atoms with Crippen molar-refractivity contribution in [1.82, 2.24) is 4.90 Å². The monoisotopic (exact) mass is 278 g/mol. The molecule has 2 atom stereocenters. The van der Waals surface area contributed by atoms with Crippen molar-refractivity contribution >= 4 is 5.91 Å². The summed E-state index contributed by atoms with van der Waals surface area (Å²) in [6, 6.07) is 4.30. The molecular weight excluding hydrogens is 252 g/mol. The SMILES string of the molecule is Cc1cc(CC(C)N)cc(C)c1OC(C)C(=O)N(C)C. The quantitative estimate of drug-likeness (QED) is 0.897. The molecule has 2 unspecified atom stereocenters. The first-order valence-corrected chi connectivity index (χ1v) is 6.96. The molecule has 0 spiro atoms. The highest BCUT2D eigenvalue weighted by Gasteiger charge is 2.18. The van der Waals surface area contributed by atoms with Crippen LogP contribution in [0.4, 0.5) is 0 Å². The van der Waals surface area contributed by atoms with Gasteiger partial charge in [0.1, 0.15) is 5.75 Å². The fraction of sp³-hybridized carbons (Fsp3) is 0.562. The van der Waals surface area contributed by atoms with Crippen LogP contribution < -0.4 is 10.5 Å². The van der Waals surface area contributed by atoms with E-state index in [0.29, 0.717) is 0 Å². The van der Waals surface area contributed by atoms with Gasteiger partial charge in [-0.15, -0.1) is 0 Å². The molecule has 0 fully saturated rings. The van der Waals surface area contributed by atoms with Gasteiger partial charge in [0.15, 0.2) is 6.10 Å². The van der Waals surface area contributed by atoms with Gasteiger partial charge >= 0.3 is 0 Å². The number of hydrogen-bond donors (Lipinski definition) is 1. The lowest BCUT2D eigenvalue weighted by atomic mass is 10.0. The molecule has 1 rings (SSSR count). The molecule has 0 aliphatic rings. The Morgan fingerprint density at radius 2 is 1.75 bits per heavy atom. The number of aryl methyl sites for hydroxylation is 2. The Bertz CT molecular complexity index is 458. The summed E-state index contributed by atoms with van der Waals surface area (Å²) in [5, 5.41) is 0. The first-order chi connectivity index (χ1) is 9.22. The van der Waals surface area contributed by atoms with E-state index in [1.807, 2.05) is 20.8 Å². The lowest BCUT2D eigenvalue weighted by molar-refractivity contribution is -0.135. The van der Waals surface area contributed by atoms with Gasteiger partial charge in [-0.05, 0) is 50.8 Å². The zero-order valence-electron chi connectivity index (χ0n) is 13.4. The van der Waals surface area contributed by atoms with E-state index in [4.69, 9.17) is 10.5 Å². The molecule has 0 aliphatic carbocycles. The summed E-state index contributed by atoms with van der Waals surface area (Å²) in [6.07, 6.45) is 0.357. The predicted octanol–water partition coefficient (Wildman–Crippen LogP) is 2.05. The van der Waals surface area contributed by atoms with Crippen LogP contribution in [0.25, 0.3) is 0 Å². The van der Waals surface area contributed by atoms with Crippen LogP contribution in [0, 0.1) is 13.8 Å². The number of carbonyl (C=O) groups excluding carboxylic acids is 1. The lowest BCUT2D eigenvalue weighted by Gasteiger charge is -2.21. The molecule has 1 aromatic rings. The number of likely N-dealkylation sites (N-methyl/N-ethyl adjacent to an activating group) is 1. The fourth-order valence-electron chi connectivity index (χ4n) is 2.31. The van der Waals surface area contributed by atoms with Crippen molar-refractivity contribution in [2.24, 2.45) is 5.73 Å². The van der Waals surface area contributed by atoms with Crippen LogP contribution in [0.5, 0.6) is 5.75 Å². The highest BCUT2D eigenvalue weighted by Crippen LogP contribution is 2.26. The van der Waals surface area contributed by atoms with Crippen LogP contribution in [0.15, 0.2) is 12.1 Å². The third kappa shape index (κ3) is 4.23. The van der Waals surface area contributed by atoms with Crippen molar-refractivity contribution in [3.8, 4) is 5.75 Å². The number of nitrogens with two attached hydrogens (primary N) is 1. The highest BCUT2D eigenvalue weighted by atomic mass is 16.5. The van der Waals surface area contributed by atoms with Gasteiger partial charge in [0.2, 0.25) is 0 Å². The number of rotatable bonds is 5. The molecule has 2 N–H and O–H groups in total. The average Bonchev–Trinajstić information content (AvgIpc) is 2.31. The summed E-state index contributed by atoms with van der Waals surface area (Å²) in [5.74, 6) is 0.754. The fourth-order valence-corrected chi connectivity index (χ4v) is 2.31. The van der Waals surface area contributed by atoms with Crippen molar-refractivity contribution in [1.29, 1.82) is 0 Å². The molecule has 0 radical (unpaired) electrons. The predicted molar refractivity (Wildman–Crippen MR) is 82.1 cm³/mol. The molecular formula is C16H26N2O2. The lowest BCUT2D eigenvalue weighted by Crippen LogP contribution is -2.35. The molecule has 0 aliphatic heterocycles. The van der Waals surface area contributed by atoms with Crippen molar-refractivity contribution in [2.75, 3.05) is 14.1 Å². The highest BCUT2D eigenvalue weighted by molar-refractivity contribution is 5.80. The van der Waals surface area contributed by atoms with E-state index in [-0.39, 0.29) is 11.9 Å². The summed E-state index contributed by atoms with van der Waals surface area (Å²) >= 11 is 0. The van der Waals surface area contributed by atoms with E-state index in [0.717, 1.165) is 23.3 Å². The van der Waals surface area contributed by atoms with Crippen LogP contribution in [0.1, 0.15) is 30.5 Å². The van der Waals surface area contributed by atoms with E-state index < -0.39 is 6.10 Å². The Kier molecular flexibility index (Phi) is 5.57. The normalized spacial score (nSPS) is 13.8. The molecule has 0 bridgehead atoms. The number of ether oxygens (including phenoxy) is 1. The van der Waals surface area contributed by atoms with Crippen molar-refractivity contribution in [3.05, 3.63) is 28.8 Å². The number of benzene rings is 1. The third-order valence-electron chi connectivity index (χ3n) is 3.16. The molecule has 1 amide bonds. The van der Waals surface area contributed by atoms with Gasteiger partial charge in [0.25, 0.3) is 5.91 Å². The second kappa shape index (κ2) is 6.75. The van der Waals surface area contributed by atoms with E-state index in [9.17, 15) is 4.79 Å². The second-order valence-corrected chi connectivity index (χ2v) is 5.73. The number of amides is 1. The van der Waals surface area contributed by atoms with Crippen molar-refractivity contribution < 1.29 is 9.53 Å². The van der Waals surface area contributed by atoms with Crippen LogP contribution in [0.3, 0.4) is 0 Å². The number of hydrogen-bond acceptors (Lipinski definition) is 3. The topological polar surface area (TPSA) is 55.6 Å². The molecule has 0 saturated heterocycles. The summed E-state index contributed by atoms with van der Waals surface area (Å²) < 4.78 is 5.84. The Hall–Kier alpha value is -1.55. The third-order valence-corrected chi connectivity index (χ3v) is 3.16. The van der Waals surface area contributed by atoms with Gasteiger partial charge in [-0.25, -0.2) is 0 Å². The summed E-state index contributed by atoms with van der Waals surface area (Å²) in [4.78, 5) is 13.4.